The molecule has 0 aliphatic heterocycles. The summed E-state index contributed by atoms with van der Waals surface area (Å²) in [6.45, 7) is 5.58. The van der Waals surface area contributed by atoms with E-state index in [1.165, 1.54) is 0 Å². The molecule has 4 nitrogen and oxygen atoms in total. The van der Waals surface area contributed by atoms with Crippen LogP contribution < -0.4 is 0 Å². The third-order valence-corrected chi connectivity index (χ3v) is 3.49. The summed E-state index contributed by atoms with van der Waals surface area (Å²) in [4.78, 5) is 24.8. The third kappa shape index (κ3) is 4.64. The zero-order valence-electron chi connectivity index (χ0n) is 14.3. The molecular formula is C20H22O4. The minimum atomic E-state index is -1.59. The molecule has 0 amide bonds. The van der Waals surface area contributed by atoms with E-state index in [9.17, 15) is 9.59 Å². The maximum atomic E-state index is 12.4. The fourth-order valence-electron chi connectivity index (χ4n) is 2.15. The number of aryl methyl sites for hydroxylation is 1. The van der Waals surface area contributed by atoms with Crippen LogP contribution in [0.3, 0.4) is 0 Å². The predicted molar refractivity (Wildman–Crippen MR) is 91.8 cm³/mol. The number of ether oxygens (including phenoxy) is 2. The van der Waals surface area contributed by atoms with Gasteiger partial charge in [-0.3, -0.25) is 9.59 Å². The van der Waals surface area contributed by atoms with Crippen LogP contribution in [0.1, 0.15) is 37.8 Å². The van der Waals surface area contributed by atoms with Crippen molar-refractivity contribution in [3.8, 4) is 24.2 Å². The second-order valence-corrected chi connectivity index (χ2v) is 5.20. The van der Waals surface area contributed by atoms with Crippen molar-refractivity contribution in [1.82, 2.24) is 0 Å². The molecule has 0 aliphatic rings. The van der Waals surface area contributed by atoms with Crippen LogP contribution >= 0.6 is 0 Å². The Labute approximate surface area is 143 Å². The van der Waals surface area contributed by atoms with Gasteiger partial charge in [0.1, 0.15) is 0 Å². The Balaban J connectivity index is 3.18. The molecule has 0 saturated heterocycles. The molecular weight excluding hydrogens is 304 g/mol. The fraction of sp³-hybridized carbons (Fsp3) is 0.400. The minimum Gasteiger partial charge on any atom is -0.465 e. The Hall–Kier alpha value is -2.72. The lowest BCUT2D eigenvalue weighted by molar-refractivity contribution is -0.171. The number of rotatable bonds is 6. The first-order valence-corrected chi connectivity index (χ1v) is 7.84. The summed E-state index contributed by atoms with van der Waals surface area (Å²) in [6.07, 6.45) is 5.21. The summed E-state index contributed by atoms with van der Waals surface area (Å²) >= 11 is 0. The van der Waals surface area contributed by atoms with Crippen LogP contribution in [0.15, 0.2) is 24.3 Å². The molecule has 24 heavy (non-hydrogen) atoms. The highest BCUT2D eigenvalue weighted by molar-refractivity contribution is 6.00. The van der Waals surface area contributed by atoms with E-state index < -0.39 is 17.4 Å². The van der Waals surface area contributed by atoms with Gasteiger partial charge in [0.05, 0.1) is 13.2 Å². The molecule has 0 unspecified atom stereocenters. The van der Waals surface area contributed by atoms with Crippen LogP contribution in [-0.2, 0) is 19.1 Å². The first-order chi connectivity index (χ1) is 11.5. The number of benzene rings is 1. The van der Waals surface area contributed by atoms with Gasteiger partial charge in [0.15, 0.2) is 5.41 Å². The van der Waals surface area contributed by atoms with Crippen molar-refractivity contribution in [3.05, 3.63) is 35.4 Å². The summed E-state index contributed by atoms with van der Waals surface area (Å²) in [6, 6.07) is 7.61. The first kappa shape index (κ1) is 19.3. The molecule has 1 rings (SSSR count). The van der Waals surface area contributed by atoms with Gasteiger partial charge in [0.25, 0.3) is 0 Å². The molecule has 0 bridgehead atoms. The molecule has 0 atom stereocenters. The number of carbonyl (C=O) groups is 2. The Bertz CT molecular complexity index is 668. The topological polar surface area (TPSA) is 52.6 Å². The number of terminal acetylenes is 1. The molecule has 0 N–H and O–H groups in total. The molecule has 0 spiro atoms. The average molecular weight is 326 g/mol. The zero-order chi connectivity index (χ0) is 18.0. The van der Waals surface area contributed by atoms with Gasteiger partial charge in [-0.05, 0) is 32.4 Å². The van der Waals surface area contributed by atoms with Crippen molar-refractivity contribution in [3.63, 3.8) is 0 Å². The zero-order valence-corrected chi connectivity index (χ0v) is 14.3. The van der Waals surface area contributed by atoms with E-state index in [0.29, 0.717) is 0 Å². The van der Waals surface area contributed by atoms with Crippen LogP contribution in [0, 0.1) is 36.5 Å². The molecule has 0 aliphatic carbocycles. The minimum absolute atomic E-state index is 0.0524. The Kier molecular flexibility index (Phi) is 7.59. The van der Waals surface area contributed by atoms with Crippen LogP contribution in [-0.4, -0.2) is 25.2 Å². The molecule has 0 heterocycles. The lowest BCUT2D eigenvalue weighted by Crippen LogP contribution is -2.41. The Morgan fingerprint density at radius 1 is 1.08 bits per heavy atom. The van der Waals surface area contributed by atoms with Gasteiger partial charge in [-0.15, -0.1) is 12.3 Å². The quantitative estimate of drug-likeness (QED) is 0.458. The van der Waals surface area contributed by atoms with E-state index in [0.717, 1.165) is 11.1 Å². The molecule has 126 valence electrons. The summed E-state index contributed by atoms with van der Waals surface area (Å²) in [5.74, 6) is 6.88. The van der Waals surface area contributed by atoms with Gasteiger partial charge >= 0.3 is 11.9 Å². The molecule has 0 radical (unpaired) electrons. The molecule has 0 saturated carbocycles. The van der Waals surface area contributed by atoms with Gasteiger partial charge in [0, 0.05) is 18.4 Å². The highest BCUT2D eigenvalue weighted by Crippen LogP contribution is 2.30. The monoisotopic (exact) mass is 326 g/mol. The van der Waals surface area contributed by atoms with Crippen LogP contribution in [0.2, 0.25) is 0 Å². The Morgan fingerprint density at radius 3 is 2.17 bits per heavy atom. The lowest BCUT2D eigenvalue weighted by Gasteiger charge is -2.25. The lowest BCUT2D eigenvalue weighted by atomic mass is 9.81. The third-order valence-electron chi connectivity index (χ3n) is 3.49. The molecule has 1 aromatic carbocycles. The molecule has 0 fully saturated rings. The normalized spacial score (nSPS) is 10.1. The van der Waals surface area contributed by atoms with Crippen molar-refractivity contribution in [2.75, 3.05) is 13.2 Å². The smallest absolute Gasteiger partial charge is 0.325 e. The van der Waals surface area contributed by atoms with E-state index in [2.05, 4.69) is 17.8 Å². The summed E-state index contributed by atoms with van der Waals surface area (Å²) in [5, 5.41) is 0. The van der Waals surface area contributed by atoms with E-state index in [1.807, 2.05) is 31.2 Å². The fourth-order valence-corrected chi connectivity index (χ4v) is 2.15. The number of carbonyl (C=O) groups excluding carboxylic acids is 2. The summed E-state index contributed by atoms with van der Waals surface area (Å²) in [7, 11) is 0. The van der Waals surface area contributed by atoms with Gasteiger partial charge < -0.3 is 9.47 Å². The van der Waals surface area contributed by atoms with Crippen molar-refractivity contribution in [2.45, 2.75) is 33.6 Å². The van der Waals surface area contributed by atoms with E-state index in [-0.39, 0.29) is 26.1 Å². The molecule has 4 heteroatoms. The average Bonchev–Trinajstić information content (AvgIpc) is 2.56. The number of esters is 2. The number of hydrogen-bond acceptors (Lipinski definition) is 4. The van der Waals surface area contributed by atoms with E-state index in [1.54, 1.807) is 13.8 Å². The largest absolute Gasteiger partial charge is 0.465 e. The maximum absolute atomic E-state index is 12.4. The van der Waals surface area contributed by atoms with Crippen molar-refractivity contribution < 1.29 is 19.1 Å². The highest BCUT2D eigenvalue weighted by Gasteiger charge is 2.48. The second-order valence-electron chi connectivity index (χ2n) is 5.20. The van der Waals surface area contributed by atoms with Crippen molar-refractivity contribution >= 4 is 11.9 Å². The van der Waals surface area contributed by atoms with Crippen LogP contribution in [0.4, 0.5) is 0 Å². The van der Waals surface area contributed by atoms with Crippen molar-refractivity contribution in [2.24, 2.45) is 5.41 Å². The first-order valence-electron chi connectivity index (χ1n) is 7.84. The molecule has 1 aromatic rings. The number of hydrogen-bond donors (Lipinski definition) is 0. The van der Waals surface area contributed by atoms with Crippen LogP contribution in [0.5, 0.6) is 0 Å². The standard InChI is InChI=1S/C20H22O4/c1-5-14-20(18(21)23-6-2,19(22)24-7-3)15-10-13-17-12-9-8-11-16(17)4/h1,8-9,11-12H,6-7,14-15H2,2-4H3. The van der Waals surface area contributed by atoms with Gasteiger partial charge in [-0.1, -0.05) is 30.0 Å². The summed E-state index contributed by atoms with van der Waals surface area (Å²) < 4.78 is 10.1. The molecule has 0 aromatic heterocycles. The second kappa shape index (κ2) is 9.43. The van der Waals surface area contributed by atoms with Crippen LogP contribution in [0.25, 0.3) is 0 Å². The van der Waals surface area contributed by atoms with Gasteiger partial charge in [-0.25, -0.2) is 0 Å². The maximum Gasteiger partial charge on any atom is 0.325 e. The predicted octanol–water partition coefficient (Wildman–Crippen LogP) is 2.87. The SMILES string of the molecule is C#CCC(CC#Cc1ccccc1C)(C(=O)OCC)C(=O)OCC. The van der Waals surface area contributed by atoms with Crippen molar-refractivity contribution in [1.29, 1.82) is 0 Å². The van der Waals surface area contributed by atoms with Gasteiger partial charge in [0.2, 0.25) is 0 Å². The van der Waals surface area contributed by atoms with E-state index in [4.69, 9.17) is 15.9 Å². The Morgan fingerprint density at radius 2 is 1.67 bits per heavy atom. The summed E-state index contributed by atoms with van der Waals surface area (Å²) in [5.41, 5.74) is 0.260. The van der Waals surface area contributed by atoms with Gasteiger partial charge in [-0.2, -0.15) is 0 Å². The van der Waals surface area contributed by atoms with E-state index >= 15 is 0 Å². The highest BCUT2D eigenvalue weighted by atomic mass is 16.6.